The summed E-state index contributed by atoms with van der Waals surface area (Å²) in [6.07, 6.45) is 2.91. The lowest BCUT2D eigenvalue weighted by Crippen LogP contribution is -2.36. The highest BCUT2D eigenvalue weighted by molar-refractivity contribution is 5.88. The molecule has 4 rings (SSSR count). The highest BCUT2D eigenvalue weighted by atomic mass is 19.1. The number of carboxylic acid groups (broad SMARTS) is 1. The van der Waals surface area contributed by atoms with Crippen LogP contribution in [0.15, 0.2) is 36.4 Å². The number of aryl methyl sites for hydroxylation is 1. The second-order valence-corrected chi connectivity index (χ2v) is 7.04. The van der Waals surface area contributed by atoms with E-state index in [1.54, 1.807) is 6.07 Å². The summed E-state index contributed by atoms with van der Waals surface area (Å²) in [7, 11) is 0. The third-order valence-electron chi connectivity index (χ3n) is 5.52. The molecule has 2 aromatic carbocycles. The molecule has 4 nitrogen and oxygen atoms in total. The minimum atomic E-state index is -1.25. The van der Waals surface area contributed by atoms with Crippen LogP contribution in [0.2, 0.25) is 0 Å². The summed E-state index contributed by atoms with van der Waals surface area (Å²) in [6, 6.07) is 10.7. The van der Waals surface area contributed by atoms with Crippen molar-refractivity contribution in [2.45, 2.75) is 38.3 Å². The SMILES string of the molecule is CCc1ccc2c(c1)[C@@H]1OCCC[C@@H]1[C@@H](c1ccc(C(=O)O)c(F)c1)N2. The molecule has 0 spiro atoms. The molecule has 0 radical (unpaired) electrons. The van der Waals surface area contributed by atoms with E-state index in [-0.39, 0.29) is 23.6 Å². The first-order chi connectivity index (χ1) is 12.6. The van der Waals surface area contributed by atoms with Gasteiger partial charge in [-0.05, 0) is 48.6 Å². The minimum absolute atomic E-state index is 0.0151. The van der Waals surface area contributed by atoms with Crippen LogP contribution in [0, 0.1) is 11.7 Å². The molecule has 2 aliphatic rings. The van der Waals surface area contributed by atoms with Gasteiger partial charge in [0, 0.05) is 23.8 Å². The first kappa shape index (κ1) is 17.0. The Morgan fingerprint density at radius 2 is 2.15 bits per heavy atom. The summed E-state index contributed by atoms with van der Waals surface area (Å²) in [4.78, 5) is 11.1. The second-order valence-electron chi connectivity index (χ2n) is 7.04. The van der Waals surface area contributed by atoms with E-state index in [9.17, 15) is 9.18 Å². The van der Waals surface area contributed by atoms with E-state index in [1.165, 1.54) is 23.3 Å². The van der Waals surface area contributed by atoms with Gasteiger partial charge in [-0.1, -0.05) is 25.1 Å². The predicted octanol–water partition coefficient (Wildman–Crippen LogP) is 4.72. The summed E-state index contributed by atoms with van der Waals surface area (Å²) < 4.78 is 20.4. The molecular formula is C21H22FNO3. The van der Waals surface area contributed by atoms with Gasteiger partial charge in [0.25, 0.3) is 0 Å². The van der Waals surface area contributed by atoms with E-state index < -0.39 is 11.8 Å². The lowest BCUT2D eigenvalue weighted by Gasteiger charge is -2.43. The molecule has 3 atom stereocenters. The van der Waals surface area contributed by atoms with Gasteiger partial charge in [0.1, 0.15) is 5.82 Å². The zero-order chi connectivity index (χ0) is 18.3. The normalized spacial score (nSPS) is 24.3. The van der Waals surface area contributed by atoms with Crippen LogP contribution >= 0.6 is 0 Å². The molecule has 136 valence electrons. The first-order valence-electron chi connectivity index (χ1n) is 9.12. The third-order valence-corrected chi connectivity index (χ3v) is 5.52. The Kier molecular flexibility index (Phi) is 4.41. The number of aromatic carboxylic acids is 1. The van der Waals surface area contributed by atoms with Crippen LogP contribution < -0.4 is 5.32 Å². The maximum Gasteiger partial charge on any atom is 0.338 e. The van der Waals surface area contributed by atoms with E-state index in [2.05, 4.69) is 30.4 Å². The van der Waals surface area contributed by atoms with Crippen LogP contribution in [0.1, 0.15) is 59.0 Å². The Balaban J connectivity index is 1.75. The number of hydrogen-bond donors (Lipinski definition) is 2. The van der Waals surface area contributed by atoms with Crippen molar-refractivity contribution >= 4 is 11.7 Å². The number of nitrogens with one attached hydrogen (secondary N) is 1. The maximum atomic E-state index is 14.2. The lowest BCUT2D eigenvalue weighted by atomic mass is 9.77. The molecule has 0 unspecified atom stereocenters. The van der Waals surface area contributed by atoms with Gasteiger partial charge in [0.15, 0.2) is 0 Å². The van der Waals surface area contributed by atoms with Gasteiger partial charge in [0.05, 0.1) is 17.7 Å². The number of carboxylic acids is 1. The topological polar surface area (TPSA) is 58.6 Å². The predicted molar refractivity (Wildman–Crippen MR) is 97.0 cm³/mol. The van der Waals surface area contributed by atoms with Crippen molar-refractivity contribution in [1.29, 1.82) is 0 Å². The van der Waals surface area contributed by atoms with Crippen LogP contribution in [-0.4, -0.2) is 17.7 Å². The quantitative estimate of drug-likeness (QED) is 0.836. The number of carbonyl (C=O) groups is 1. The van der Waals surface area contributed by atoms with Gasteiger partial charge in [-0.15, -0.1) is 0 Å². The molecule has 0 bridgehead atoms. The van der Waals surface area contributed by atoms with Crippen molar-refractivity contribution < 1.29 is 19.0 Å². The first-order valence-corrected chi connectivity index (χ1v) is 9.12. The average Bonchev–Trinajstić information content (AvgIpc) is 2.66. The van der Waals surface area contributed by atoms with Crippen molar-refractivity contribution in [3.05, 3.63) is 64.5 Å². The number of benzene rings is 2. The zero-order valence-electron chi connectivity index (χ0n) is 14.7. The molecule has 26 heavy (non-hydrogen) atoms. The molecule has 2 heterocycles. The molecule has 1 saturated heterocycles. The summed E-state index contributed by atoms with van der Waals surface area (Å²) in [5.41, 5.74) is 3.92. The summed E-state index contributed by atoms with van der Waals surface area (Å²) in [5.74, 6) is -1.75. The Hall–Kier alpha value is -2.40. The Bertz CT molecular complexity index is 851. The van der Waals surface area contributed by atoms with Crippen molar-refractivity contribution in [3.63, 3.8) is 0 Å². The van der Waals surface area contributed by atoms with Crippen LogP contribution in [0.25, 0.3) is 0 Å². The number of rotatable bonds is 3. The van der Waals surface area contributed by atoms with Crippen molar-refractivity contribution in [1.82, 2.24) is 0 Å². The lowest BCUT2D eigenvalue weighted by molar-refractivity contribution is -0.0382. The Labute approximate surface area is 152 Å². The maximum absolute atomic E-state index is 14.2. The van der Waals surface area contributed by atoms with Gasteiger partial charge in [-0.2, -0.15) is 0 Å². The Morgan fingerprint density at radius 1 is 1.31 bits per heavy atom. The average molecular weight is 355 g/mol. The van der Waals surface area contributed by atoms with Crippen LogP contribution in [-0.2, 0) is 11.2 Å². The zero-order valence-corrected chi connectivity index (χ0v) is 14.7. The van der Waals surface area contributed by atoms with Gasteiger partial charge >= 0.3 is 5.97 Å². The highest BCUT2D eigenvalue weighted by Gasteiger charge is 2.40. The fourth-order valence-corrected chi connectivity index (χ4v) is 4.17. The number of fused-ring (bicyclic) bond motifs is 3. The van der Waals surface area contributed by atoms with E-state index in [4.69, 9.17) is 9.84 Å². The molecule has 0 aliphatic carbocycles. The second kappa shape index (κ2) is 6.72. The standard InChI is InChI=1S/C21H22FNO3/c1-2-12-5-8-18-16(10-12)20-15(4-3-9-26-20)19(23-18)13-6-7-14(21(24)25)17(22)11-13/h5-8,10-11,15,19-20,23H,2-4,9H2,1H3,(H,24,25)/t15-,19-,20-/m1/s1. The van der Waals surface area contributed by atoms with E-state index in [1.807, 2.05) is 0 Å². The van der Waals surface area contributed by atoms with Crippen molar-refractivity contribution in [2.75, 3.05) is 11.9 Å². The fraction of sp³-hybridized carbons (Fsp3) is 0.381. The number of hydrogen-bond acceptors (Lipinski definition) is 3. The highest BCUT2D eigenvalue weighted by Crippen LogP contribution is 2.49. The van der Waals surface area contributed by atoms with E-state index >= 15 is 0 Å². The fourth-order valence-electron chi connectivity index (χ4n) is 4.17. The van der Waals surface area contributed by atoms with Gasteiger partial charge in [-0.25, -0.2) is 9.18 Å². The number of halogens is 1. The molecule has 0 aromatic heterocycles. The van der Waals surface area contributed by atoms with Crippen molar-refractivity contribution in [3.8, 4) is 0 Å². The van der Waals surface area contributed by atoms with Gasteiger partial charge < -0.3 is 15.2 Å². The molecule has 2 N–H and O–H groups in total. The van der Waals surface area contributed by atoms with Crippen molar-refractivity contribution in [2.24, 2.45) is 5.92 Å². The number of anilines is 1. The van der Waals surface area contributed by atoms with Crippen LogP contribution in [0.3, 0.4) is 0 Å². The van der Waals surface area contributed by atoms with Gasteiger partial charge in [0.2, 0.25) is 0 Å². The monoisotopic (exact) mass is 355 g/mol. The molecular weight excluding hydrogens is 333 g/mol. The Morgan fingerprint density at radius 3 is 2.88 bits per heavy atom. The molecule has 2 aromatic rings. The smallest absolute Gasteiger partial charge is 0.338 e. The third kappa shape index (κ3) is 2.86. The van der Waals surface area contributed by atoms with E-state index in [0.29, 0.717) is 0 Å². The summed E-state index contributed by atoms with van der Waals surface area (Å²) in [6.45, 7) is 2.86. The molecule has 5 heteroatoms. The molecule has 0 amide bonds. The summed E-state index contributed by atoms with van der Waals surface area (Å²) >= 11 is 0. The van der Waals surface area contributed by atoms with Crippen LogP contribution in [0.5, 0.6) is 0 Å². The number of ether oxygens (including phenoxy) is 1. The molecule has 0 saturated carbocycles. The molecule has 2 aliphatic heterocycles. The van der Waals surface area contributed by atoms with Gasteiger partial charge in [-0.3, -0.25) is 0 Å². The molecule has 1 fully saturated rings. The van der Waals surface area contributed by atoms with Crippen LogP contribution in [0.4, 0.5) is 10.1 Å². The van der Waals surface area contributed by atoms with E-state index in [0.717, 1.165) is 37.1 Å². The summed E-state index contributed by atoms with van der Waals surface area (Å²) in [5, 5.41) is 12.6. The largest absolute Gasteiger partial charge is 0.478 e. The minimum Gasteiger partial charge on any atom is -0.478 e.